The molecular weight excluding hydrogens is 222 g/mol. The van der Waals surface area contributed by atoms with Crippen LogP contribution in [-0.2, 0) is 9.47 Å². The van der Waals surface area contributed by atoms with Crippen LogP contribution >= 0.6 is 0 Å². The standard InChI is InChI=1S/C12H23NO4/c1-8(14)9-7-16-12(5,6)13(9)10(15)17-11(2,3)4/h8-9,14H,7H2,1-6H3/t8-,9+/m0/s1. The van der Waals surface area contributed by atoms with Gasteiger partial charge in [0, 0.05) is 0 Å². The molecular formula is C12H23NO4. The van der Waals surface area contributed by atoms with Crippen molar-refractivity contribution < 1.29 is 19.4 Å². The van der Waals surface area contributed by atoms with Gasteiger partial charge in [0.15, 0.2) is 0 Å². The summed E-state index contributed by atoms with van der Waals surface area (Å²) < 4.78 is 10.9. The predicted molar refractivity (Wildman–Crippen MR) is 63.6 cm³/mol. The second-order valence-electron chi connectivity index (χ2n) is 5.92. The van der Waals surface area contributed by atoms with E-state index in [-0.39, 0.29) is 6.04 Å². The Kier molecular flexibility index (Phi) is 3.74. The fourth-order valence-corrected chi connectivity index (χ4v) is 1.85. The molecule has 1 aliphatic heterocycles. The largest absolute Gasteiger partial charge is 0.444 e. The van der Waals surface area contributed by atoms with Gasteiger partial charge in [-0.15, -0.1) is 0 Å². The first-order valence-electron chi connectivity index (χ1n) is 5.89. The molecule has 0 spiro atoms. The average Bonchev–Trinajstić information content (AvgIpc) is 2.37. The van der Waals surface area contributed by atoms with E-state index in [1.165, 1.54) is 4.90 Å². The summed E-state index contributed by atoms with van der Waals surface area (Å²) in [5, 5.41) is 9.67. The van der Waals surface area contributed by atoms with Crippen LogP contribution in [0.5, 0.6) is 0 Å². The van der Waals surface area contributed by atoms with Crippen LogP contribution in [0.25, 0.3) is 0 Å². The third kappa shape index (κ3) is 3.33. The van der Waals surface area contributed by atoms with Gasteiger partial charge in [0.25, 0.3) is 0 Å². The zero-order valence-electron chi connectivity index (χ0n) is 11.5. The van der Waals surface area contributed by atoms with Gasteiger partial charge in [-0.25, -0.2) is 4.79 Å². The maximum absolute atomic E-state index is 12.1. The summed E-state index contributed by atoms with van der Waals surface area (Å²) >= 11 is 0. The number of carbonyl (C=O) groups is 1. The van der Waals surface area contributed by atoms with Gasteiger partial charge < -0.3 is 14.6 Å². The lowest BCUT2D eigenvalue weighted by Gasteiger charge is -2.35. The number of hydrogen-bond donors (Lipinski definition) is 1. The van der Waals surface area contributed by atoms with Crippen molar-refractivity contribution in [2.45, 2.75) is 65.0 Å². The van der Waals surface area contributed by atoms with Gasteiger partial charge in [-0.05, 0) is 41.5 Å². The van der Waals surface area contributed by atoms with Crippen molar-refractivity contribution in [1.82, 2.24) is 4.90 Å². The molecule has 0 aromatic heterocycles. The second kappa shape index (κ2) is 4.46. The Bertz CT molecular complexity index is 293. The Morgan fingerprint density at radius 2 is 2.06 bits per heavy atom. The van der Waals surface area contributed by atoms with Crippen LogP contribution in [0, 0.1) is 0 Å². The number of amides is 1. The third-order valence-electron chi connectivity index (χ3n) is 2.67. The van der Waals surface area contributed by atoms with E-state index in [0.717, 1.165) is 0 Å². The predicted octanol–water partition coefficient (Wildman–Crippen LogP) is 1.74. The van der Waals surface area contributed by atoms with Crippen molar-refractivity contribution in [3.63, 3.8) is 0 Å². The van der Waals surface area contributed by atoms with E-state index in [1.807, 2.05) is 20.8 Å². The molecule has 17 heavy (non-hydrogen) atoms. The average molecular weight is 245 g/mol. The van der Waals surface area contributed by atoms with Crippen LogP contribution in [0.4, 0.5) is 4.79 Å². The highest BCUT2D eigenvalue weighted by molar-refractivity contribution is 5.69. The molecule has 0 saturated carbocycles. The Hall–Kier alpha value is -0.810. The Morgan fingerprint density at radius 1 is 1.53 bits per heavy atom. The van der Waals surface area contributed by atoms with Gasteiger partial charge in [0.05, 0.1) is 18.8 Å². The van der Waals surface area contributed by atoms with Crippen molar-refractivity contribution >= 4 is 6.09 Å². The number of ether oxygens (including phenoxy) is 2. The van der Waals surface area contributed by atoms with Gasteiger partial charge in [0.2, 0.25) is 0 Å². The molecule has 100 valence electrons. The molecule has 0 radical (unpaired) electrons. The molecule has 1 heterocycles. The van der Waals surface area contributed by atoms with Gasteiger partial charge >= 0.3 is 6.09 Å². The third-order valence-corrected chi connectivity index (χ3v) is 2.67. The number of aliphatic hydroxyl groups excluding tert-OH is 1. The smallest absolute Gasteiger partial charge is 0.412 e. The summed E-state index contributed by atoms with van der Waals surface area (Å²) in [5.41, 5.74) is -1.30. The molecule has 1 fully saturated rings. The van der Waals surface area contributed by atoms with Crippen molar-refractivity contribution in [1.29, 1.82) is 0 Å². The molecule has 1 rings (SSSR count). The summed E-state index contributed by atoms with van der Waals surface area (Å²) in [6.07, 6.45) is -1.10. The molecule has 0 aromatic rings. The molecule has 1 saturated heterocycles. The van der Waals surface area contributed by atoms with Crippen LogP contribution in [0.15, 0.2) is 0 Å². The minimum absolute atomic E-state index is 0.323. The zero-order chi connectivity index (χ0) is 13.4. The summed E-state index contributed by atoms with van der Waals surface area (Å²) in [6.45, 7) is 11.0. The maximum Gasteiger partial charge on any atom is 0.412 e. The fourth-order valence-electron chi connectivity index (χ4n) is 1.85. The van der Waals surface area contributed by atoms with Crippen LogP contribution < -0.4 is 0 Å². The highest BCUT2D eigenvalue weighted by Crippen LogP contribution is 2.30. The SMILES string of the molecule is C[C@H](O)[C@H]1COC(C)(C)N1C(=O)OC(C)(C)C. The maximum atomic E-state index is 12.1. The first-order valence-corrected chi connectivity index (χ1v) is 5.89. The normalized spacial score (nSPS) is 25.8. The van der Waals surface area contributed by atoms with Gasteiger partial charge in [0.1, 0.15) is 11.3 Å². The minimum atomic E-state index is -0.746. The van der Waals surface area contributed by atoms with Crippen molar-refractivity contribution in [2.24, 2.45) is 0 Å². The Balaban J connectivity index is 2.87. The lowest BCUT2D eigenvalue weighted by molar-refractivity contribution is -0.0670. The van der Waals surface area contributed by atoms with Crippen molar-refractivity contribution in [3.8, 4) is 0 Å². The van der Waals surface area contributed by atoms with E-state index in [9.17, 15) is 9.90 Å². The van der Waals surface area contributed by atoms with E-state index in [4.69, 9.17) is 9.47 Å². The number of carbonyl (C=O) groups excluding carboxylic acids is 1. The summed E-state index contributed by atoms with van der Waals surface area (Å²) in [4.78, 5) is 13.6. The zero-order valence-corrected chi connectivity index (χ0v) is 11.5. The molecule has 0 aliphatic carbocycles. The van der Waals surface area contributed by atoms with E-state index < -0.39 is 23.5 Å². The Labute approximate surface area is 103 Å². The highest BCUT2D eigenvalue weighted by Gasteiger charge is 2.47. The molecule has 1 aliphatic rings. The first kappa shape index (κ1) is 14.3. The van der Waals surface area contributed by atoms with Crippen molar-refractivity contribution in [3.05, 3.63) is 0 Å². The molecule has 2 atom stereocenters. The number of hydrogen-bond acceptors (Lipinski definition) is 4. The number of rotatable bonds is 1. The topological polar surface area (TPSA) is 59.0 Å². The molecule has 1 N–H and O–H groups in total. The molecule has 5 heteroatoms. The lowest BCUT2D eigenvalue weighted by Crippen LogP contribution is -2.52. The second-order valence-corrected chi connectivity index (χ2v) is 5.92. The first-order chi connectivity index (χ1) is 7.54. The van der Waals surface area contributed by atoms with Crippen LogP contribution in [0.2, 0.25) is 0 Å². The van der Waals surface area contributed by atoms with Crippen LogP contribution in [0.1, 0.15) is 41.5 Å². The van der Waals surface area contributed by atoms with E-state index >= 15 is 0 Å². The highest BCUT2D eigenvalue weighted by atomic mass is 16.6. The number of nitrogens with zero attached hydrogens (tertiary/aromatic N) is 1. The van der Waals surface area contributed by atoms with Gasteiger partial charge in [-0.1, -0.05) is 0 Å². The number of aliphatic hydroxyl groups is 1. The van der Waals surface area contributed by atoms with Gasteiger partial charge in [-0.3, -0.25) is 4.90 Å². The summed E-state index contributed by atoms with van der Waals surface area (Å²) in [7, 11) is 0. The molecule has 0 aromatic carbocycles. The lowest BCUT2D eigenvalue weighted by atomic mass is 10.1. The van der Waals surface area contributed by atoms with Crippen LogP contribution in [0.3, 0.4) is 0 Å². The van der Waals surface area contributed by atoms with Gasteiger partial charge in [-0.2, -0.15) is 0 Å². The van der Waals surface area contributed by atoms with Crippen LogP contribution in [-0.4, -0.2) is 46.2 Å². The molecule has 0 unspecified atom stereocenters. The van der Waals surface area contributed by atoms with E-state index in [0.29, 0.717) is 6.61 Å². The summed E-state index contributed by atoms with van der Waals surface area (Å²) in [5.74, 6) is 0. The molecule has 1 amide bonds. The Morgan fingerprint density at radius 3 is 2.47 bits per heavy atom. The fraction of sp³-hybridized carbons (Fsp3) is 0.917. The minimum Gasteiger partial charge on any atom is -0.444 e. The van der Waals surface area contributed by atoms with E-state index in [2.05, 4.69) is 0 Å². The summed E-state index contributed by atoms with van der Waals surface area (Å²) in [6, 6.07) is -0.361. The molecule has 5 nitrogen and oxygen atoms in total. The van der Waals surface area contributed by atoms with Crippen molar-refractivity contribution in [2.75, 3.05) is 6.61 Å². The quantitative estimate of drug-likeness (QED) is 0.764. The molecule has 0 bridgehead atoms. The monoisotopic (exact) mass is 245 g/mol. The van der Waals surface area contributed by atoms with E-state index in [1.54, 1.807) is 20.8 Å².